The summed E-state index contributed by atoms with van der Waals surface area (Å²) < 4.78 is 14.1. The van der Waals surface area contributed by atoms with Gasteiger partial charge in [0.2, 0.25) is 0 Å². The van der Waals surface area contributed by atoms with Gasteiger partial charge < -0.3 is 0 Å². The van der Waals surface area contributed by atoms with Crippen molar-refractivity contribution in [2.45, 2.75) is 0 Å². The molecule has 0 aliphatic heterocycles. The minimum absolute atomic E-state index is 0.194. The molecule has 3 rings (SSSR count). The van der Waals surface area contributed by atoms with E-state index in [1.165, 1.54) is 22.2 Å². The highest BCUT2D eigenvalue weighted by Gasteiger charge is 2.00. The van der Waals surface area contributed by atoms with E-state index >= 15 is 0 Å². The van der Waals surface area contributed by atoms with Crippen molar-refractivity contribution >= 4 is 21.4 Å². The molecule has 0 nitrogen and oxygen atoms in total. The summed E-state index contributed by atoms with van der Waals surface area (Å²) >= 11 is 1.73. The van der Waals surface area contributed by atoms with E-state index in [0.29, 0.717) is 0 Å². The van der Waals surface area contributed by atoms with E-state index in [2.05, 4.69) is 29.6 Å². The summed E-state index contributed by atoms with van der Waals surface area (Å²) in [6.07, 6.45) is 0. The first-order chi connectivity index (χ1) is 7.83. The van der Waals surface area contributed by atoms with Crippen LogP contribution in [0.2, 0.25) is 0 Å². The van der Waals surface area contributed by atoms with E-state index in [1.54, 1.807) is 11.3 Å². The Bertz CT molecular complexity index is 623. The van der Waals surface area contributed by atoms with E-state index in [9.17, 15) is 4.39 Å². The number of hydrogen-bond acceptors (Lipinski definition) is 1. The molecule has 78 valence electrons. The monoisotopic (exact) mass is 228 g/mol. The lowest BCUT2D eigenvalue weighted by molar-refractivity contribution is 0.628. The van der Waals surface area contributed by atoms with Crippen molar-refractivity contribution in [3.8, 4) is 11.1 Å². The zero-order chi connectivity index (χ0) is 11.0. The quantitative estimate of drug-likeness (QED) is 0.566. The Morgan fingerprint density at radius 2 is 1.56 bits per heavy atom. The highest BCUT2D eigenvalue weighted by atomic mass is 32.1. The van der Waals surface area contributed by atoms with E-state index in [4.69, 9.17) is 0 Å². The molecule has 0 amide bonds. The molecule has 0 atom stereocenters. The Morgan fingerprint density at radius 1 is 0.812 bits per heavy atom. The van der Waals surface area contributed by atoms with Gasteiger partial charge in [0.05, 0.1) is 0 Å². The Kier molecular flexibility index (Phi) is 2.22. The predicted octanol–water partition coefficient (Wildman–Crippen LogP) is 4.71. The van der Waals surface area contributed by atoms with Crippen molar-refractivity contribution in [2.24, 2.45) is 0 Å². The number of thiophene rings is 1. The molecule has 0 spiro atoms. The Morgan fingerprint density at radius 3 is 2.38 bits per heavy atom. The molecule has 16 heavy (non-hydrogen) atoms. The van der Waals surface area contributed by atoms with Crippen LogP contribution < -0.4 is 0 Å². The third-order valence-corrected chi connectivity index (χ3v) is 3.53. The van der Waals surface area contributed by atoms with E-state index in [-0.39, 0.29) is 5.82 Å². The van der Waals surface area contributed by atoms with Gasteiger partial charge in [0.1, 0.15) is 5.82 Å². The fraction of sp³-hybridized carbons (Fsp3) is 0. The van der Waals surface area contributed by atoms with Crippen LogP contribution >= 0.6 is 11.3 Å². The van der Waals surface area contributed by atoms with Crippen LogP contribution in [0.4, 0.5) is 4.39 Å². The van der Waals surface area contributed by atoms with Crippen LogP contribution in [0, 0.1) is 5.82 Å². The van der Waals surface area contributed by atoms with Gasteiger partial charge in [-0.15, -0.1) is 11.3 Å². The zero-order valence-electron chi connectivity index (χ0n) is 8.48. The predicted molar refractivity (Wildman–Crippen MR) is 67.2 cm³/mol. The lowest BCUT2D eigenvalue weighted by Crippen LogP contribution is -1.78. The van der Waals surface area contributed by atoms with Crippen LogP contribution in [-0.4, -0.2) is 0 Å². The molecule has 0 unspecified atom stereocenters. The number of rotatable bonds is 1. The highest BCUT2D eigenvalue weighted by Crippen LogP contribution is 2.27. The molecule has 0 N–H and O–H groups in total. The van der Waals surface area contributed by atoms with Crippen LogP contribution in [0.5, 0.6) is 0 Å². The lowest BCUT2D eigenvalue weighted by Gasteiger charge is -2.01. The van der Waals surface area contributed by atoms with Gasteiger partial charge in [0.25, 0.3) is 0 Å². The molecular formula is C14H9FS. The average molecular weight is 228 g/mol. The minimum Gasteiger partial charge on any atom is -0.207 e. The molecule has 0 fully saturated rings. The Labute approximate surface area is 97.0 Å². The number of fused-ring (bicyclic) bond motifs is 1. The standard InChI is InChI=1S/C14H9FS/c15-13-4-1-10(2-5-13)11-3-6-14-12(9-11)7-8-16-14/h1-9H. The molecule has 0 radical (unpaired) electrons. The minimum atomic E-state index is -0.194. The van der Waals surface area contributed by atoms with E-state index < -0.39 is 0 Å². The first-order valence-electron chi connectivity index (χ1n) is 5.06. The van der Waals surface area contributed by atoms with Gasteiger partial charge in [0.15, 0.2) is 0 Å². The molecule has 3 aromatic rings. The van der Waals surface area contributed by atoms with Crippen LogP contribution in [0.15, 0.2) is 53.9 Å². The number of halogens is 1. The van der Waals surface area contributed by atoms with Gasteiger partial charge >= 0.3 is 0 Å². The second-order valence-corrected chi connectivity index (χ2v) is 4.63. The van der Waals surface area contributed by atoms with Crippen molar-refractivity contribution in [3.63, 3.8) is 0 Å². The lowest BCUT2D eigenvalue weighted by atomic mass is 10.0. The van der Waals surface area contributed by atoms with Crippen molar-refractivity contribution in [1.29, 1.82) is 0 Å². The normalized spacial score (nSPS) is 10.8. The molecule has 2 heteroatoms. The summed E-state index contributed by atoms with van der Waals surface area (Å²) in [5, 5.41) is 3.32. The van der Waals surface area contributed by atoms with Crippen molar-refractivity contribution < 1.29 is 4.39 Å². The van der Waals surface area contributed by atoms with Gasteiger partial charge in [-0.1, -0.05) is 18.2 Å². The molecule has 1 aromatic heterocycles. The fourth-order valence-corrected chi connectivity index (χ4v) is 2.56. The molecule has 0 saturated heterocycles. The third kappa shape index (κ3) is 1.61. The van der Waals surface area contributed by atoms with Gasteiger partial charge in [-0.05, 0) is 52.2 Å². The first kappa shape index (κ1) is 9.55. The average Bonchev–Trinajstić information content (AvgIpc) is 2.77. The summed E-state index contributed by atoms with van der Waals surface area (Å²) in [5.41, 5.74) is 2.18. The highest BCUT2D eigenvalue weighted by molar-refractivity contribution is 7.17. The van der Waals surface area contributed by atoms with Crippen LogP contribution in [0.1, 0.15) is 0 Å². The topological polar surface area (TPSA) is 0 Å². The van der Waals surface area contributed by atoms with Crippen molar-refractivity contribution in [3.05, 3.63) is 59.7 Å². The van der Waals surface area contributed by atoms with Gasteiger partial charge in [0, 0.05) is 4.70 Å². The molecule has 1 heterocycles. The van der Waals surface area contributed by atoms with Crippen molar-refractivity contribution in [1.82, 2.24) is 0 Å². The first-order valence-corrected chi connectivity index (χ1v) is 5.94. The van der Waals surface area contributed by atoms with Gasteiger partial charge in [-0.25, -0.2) is 4.39 Å². The van der Waals surface area contributed by atoms with E-state index in [0.717, 1.165) is 11.1 Å². The largest absolute Gasteiger partial charge is 0.207 e. The van der Waals surface area contributed by atoms with Crippen molar-refractivity contribution in [2.75, 3.05) is 0 Å². The summed E-state index contributed by atoms with van der Waals surface area (Å²) in [5.74, 6) is -0.194. The molecule has 2 aromatic carbocycles. The van der Waals surface area contributed by atoms with Crippen LogP contribution in [0.25, 0.3) is 21.2 Å². The third-order valence-electron chi connectivity index (χ3n) is 2.63. The number of hydrogen-bond donors (Lipinski definition) is 0. The smallest absolute Gasteiger partial charge is 0.123 e. The maximum Gasteiger partial charge on any atom is 0.123 e. The second kappa shape index (κ2) is 3.72. The van der Waals surface area contributed by atoms with Gasteiger partial charge in [-0.2, -0.15) is 0 Å². The molecule has 0 bridgehead atoms. The molecule has 0 aliphatic carbocycles. The number of benzene rings is 2. The van der Waals surface area contributed by atoms with E-state index in [1.807, 2.05) is 12.1 Å². The second-order valence-electron chi connectivity index (χ2n) is 3.68. The summed E-state index contributed by atoms with van der Waals surface area (Å²) in [4.78, 5) is 0. The van der Waals surface area contributed by atoms with Crippen LogP contribution in [0.3, 0.4) is 0 Å². The van der Waals surface area contributed by atoms with Crippen LogP contribution in [-0.2, 0) is 0 Å². The Balaban J connectivity index is 2.14. The SMILES string of the molecule is Fc1ccc(-c2ccc3sccc3c2)cc1. The maximum absolute atomic E-state index is 12.8. The Hall–Kier alpha value is -1.67. The molecule has 0 saturated carbocycles. The zero-order valence-corrected chi connectivity index (χ0v) is 9.30. The molecule has 0 aliphatic rings. The summed E-state index contributed by atoms with van der Waals surface area (Å²) in [6.45, 7) is 0. The summed E-state index contributed by atoms with van der Waals surface area (Å²) in [7, 11) is 0. The fourth-order valence-electron chi connectivity index (χ4n) is 1.79. The molecular weight excluding hydrogens is 219 g/mol. The maximum atomic E-state index is 12.8. The van der Waals surface area contributed by atoms with Gasteiger partial charge in [-0.3, -0.25) is 0 Å². The summed E-state index contributed by atoms with van der Waals surface area (Å²) in [6, 6.07) is 15.0.